The highest BCUT2D eigenvalue weighted by Gasteiger charge is 2.27. The van der Waals surface area contributed by atoms with E-state index in [4.69, 9.17) is 0 Å². The molecule has 1 unspecified atom stereocenters. The minimum absolute atomic E-state index is 0.271. The van der Waals surface area contributed by atoms with Crippen LogP contribution < -0.4 is 0 Å². The molecule has 0 aliphatic rings. The Kier molecular flexibility index (Phi) is 5.06. The van der Waals surface area contributed by atoms with Gasteiger partial charge in [-0.2, -0.15) is 0 Å². The lowest BCUT2D eigenvalue weighted by Gasteiger charge is -2.33. The van der Waals surface area contributed by atoms with Crippen molar-refractivity contribution in [2.75, 3.05) is 0 Å². The largest absolute Gasteiger partial charge is 0.508 e. The van der Waals surface area contributed by atoms with Gasteiger partial charge in [0.15, 0.2) is 0 Å². The smallest absolute Gasteiger partial charge is 0.118 e. The first-order chi connectivity index (χ1) is 8.59. The van der Waals surface area contributed by atoms with E-state index in [1.807, 2.05) is 18.2 Å². The molecule has 1 aromatic rings. The van der Waals surface area contributed by atoms with Crippen molar-refractivity contribution in [2.45, 2.75) is 60.8 Å². The molecule has 0 aliphatic carbocycles. The lowest BCUT2D eigenvalue weighted by molar-refractivity contribution is 0.194. The monoisotopic (exact) mass is 262 g/mol. The topological polar surface area (TPSA) is 20.2 Å². The molecule has 0 saturated carbocycles. The van der Waals surface area contributed by atoms with Gasteiger partial charge in [-0.3, -0.25) is 0 Å². The predicted molar refractivity (Wildman–Crippen MR) is 83.4 cm³/mol. The van der Waals surface area contributed by atoms with Gasteiger partial charge < -0.3 is 5.11 Å². The third-order valence-corrected chi connectivity index (χ3v) is 3.93. The maximum Gasteiger partial charge on any atom is 0.118 e. The first-order valence-electron chi connectivity index (χ1n) is 7.36. The zero-order valence-corrected chi connectivity index (χ0v) is 13.5. The summed E-state index contributed by atoms with van der Waals surface area (Å²) in [7, 11) is 0. The molecule has 108 valence electrons. The third kappa shape index (κ3) is 5.67. The van der Waals surface area contributed by atoms with Gasteiger partial charge in [0.1, 0.15) is 5.75 Å². The zero-order chi connectivity index (χ0) is 14.7. The normalized spacial score (nSPS) is 14.4. The highest BCUT2D eigenvalue weighted by Crippen LogP contribution is 2.37. The summed E-state index contributed by atoms with van der Waals surface area (Å²) in [5.74, 6) is 1.03. The standard InChI is InChI=1S/C18H30O/c1-17(2,3)12-11-15(18(4,5)6)13-14-9-7-8-10-16(14)19/h7-10,15,19H,11-13H2,1-6H3. The van der Waals surface area contributed by atoms with Gasteiger partial charge in [-0.1, -0.05) is 59.7 Å². The Labute approximate surface area is 119 Å². The predicted octanol–water partition coefficient (Wildman–Crippen LogP) is 5.42. The van der Waals surface area contributed by atoms with Gasteiger partial charge in [-0.15, -0.1) is 0 Å². The van der Waals surface area contributed by atoms with E-state index in [-0.39, 0.29) is 5.41 Å². The van der Waals surface area contributed by atoms with Crippen LogP contribution in [0.2, 0.25) is 0 Å². The van der Waals surface area contributed by atoms with Crippen LogP contribution in [0.5, 0.6) is 5.75 Å². The first-order valence-corrected chi connectivity index (χ1v) is 7.36. The molecule has 1 heteroatoms. The maximum absolute atomic E-state index is 9.95. The number of hydrogen-bond donors (Lipinski definition) is 1. The van der Waals surface area contributed by atoms with Gasteiger partial charge in [0, 0.05) is 0 Å². The second kappa shape index (κ2) is 5.98. The maximum atomic E-state index is 9.95. The van der Waals surface area contributed by atoms with Crippen molar-refractivity contribution in [3.8, 4) is 5.75 Å². The molecule has 1 N–H and O–H groups in total. The van der Waals surface area contributed by atoms with Crippen LogP contribution in [0.15, 0.2) is 24.3 Å². The number of para-hydroxylation sites is 1. The molecule has 19 heavy (non-hydrogen) atoms. The molecule has 0 spiro atoms. The summed E-state index contributed by atoms with van der Waals surface area (Å²) in [4.78, 5) is 0. The summed E-state index contributed by atoms with van der Waals surface area (Å²) in [6.07, 6.45) is 3.40. The number of phenols is 1. The third-order valence-electron chi connectivity index (χ3n) is 3.93. The van der Waals surface area contributed by atoms with Crippen molar-refractivity contribution in [1.82, 2.24) is 0 Å². The summed E-state index contributed by atoms with van der Waals surface area (Å²) >= 11 is 0. The molecule has 0 bridgehead atoms. The first kappa shape index (κ1) is 16.1. The molecule has 0 aliphatic heterocycles. The minimum atomic E-state index is 0.271. The average molecular weight is 262 g/mol. The van der Waals surface area contributed by atoms with E-state index in [0.717, 1.165) is 12.0 Å². The van der Waals surface area contributed by atoms with Crippen molar-refractivity contribution in [3.63, 3.8) is 0 Å². The molecule has 0 amide bonds. The molecular weight excluding hydrogens is 232 g/mol. The number of aromatic hydroxyl groups is 1. The quantitative estimate of drug-likeness (QED) is 0.767. The van der Waals surface area contributed by atoms with Gasteiger partial charge in [-0.05, 0) is 47.6 Å². The van der Waals surface area contributed by atoms with Crippen molar-refractivity contribution in [3.05, 3.63) is 29.8 Å². The second-order valence-corrected chi connectivity index (χ2v) is 8.00. The number of phenolic OH excluding ortho intramolecular Hbond substituents is 1. The Morgan fingerprint density at radius 1 is 1.00 bits per heavy atom. The van der Waals surface area contributed by atoms with Crippen LogP contribution >= 0.6 is 0 Å². The van der Waals surface area contributed by atoms with Gasteiger partial charge in [-0.25, -0.2) is 0 Å². The molecule has 1 nitrogen and oxygen atoms in total. The van der Waals surface area contributed by atoms with Gasteiger partial charge in [0.05, 0.1) is 0 Å². The van der Waals surface area contributed by atoms with E-state index < -0.39 is 0 Å². The van der Waals surface area contributed by atoms with Crippen LogP contribution in [0, 0.1) is 16.7 Å². The lowest BCUT2D eigenvalue weighted by atomic mass is 9.72. The summed E-state index contributed by atoms with van der Waals surface area (Å²) in [5.41, 5.74) is 1.73. The summed E-state index contributed by atoms with van der Waals surface area (Å²) < 4.78 is 0. The lowest BCUT2D eigenvalue weighted by Crippen LogP contribution is -2.24. The molecule has 0 radical (unpaired) electrons. The van der Waals surface area contributed by atoms with E-state index in [0.29, 0.717) is 17.1 Å². The molecule has 0 fully saturated rings. The fourth-order valence-corrected chi connectivity index (χ4v) is 2.40. The van der Waals surface area contributed by atoms with E-state index >= 15 is 0 Å². The van der Waals surface area contributed by atoms with Crippen molar-refractivity contribution in [2.24, 2.45) is 16.7 Å². The molecule has 1 atom stereocenters. The Bertz CT molecular complexity index is 393. The molecule has 0 heterocycles. The Hall–Kier alpha value is -0.980. The van der Waals surface area contributed by atoms with Crippen LogP contribution in [0.4, 0.5) is 0 Å². The Morgan fingerprint density at radius 3 is 2.05 bits per heavy atom. The van der Waals surface area contributed by atoms with Crippen molar-refractivity contribution >= 4 is 0 Å². The molecule has 1 aromatic carbocycles. The number of rotatable bonds is 4. The van der Waals surface area contributed by atoms with Crippen LogP contribution in [0.25, 0.3) is 0 Å². The van der Waals surface area contributed by atoms with E-state index in [2.05, 4.69) is 41.5 Å². The highest BCUT2D eigenvalue weighted by molar-refractivity contribution is 5.32. The average Bonchev–Trinajstić information content (AvgIpc) is 2.23. The van der Waals surface area contributed by atoms with Gasteiger partial charge >= 0.3 is 0 Å². The van der Waals surface area contributed by atoms with E-state index in [1.165, 1.54) is 12.8 Å². The fourth-order valence-electron chi connectivity index (χ4n) is 2.40. The molecular formula is C18H30O. The fraction of sp³-hybridized carbons (Fsp3) is 0.667. The molecule has 1 rings (SSSR count). The number of benzene rings is 1. The van der Waals surface area contributed by atoms with Crippen LogP contribution in [0.3, 0.4) is 0 Å². The van der Waals surface area contributed by atoms with Crippen LogP contribution in [-0.2, 0) is 6.42 Å². The molecule has 0 saturated heterocycles. The SMILES string of the molecule is CC(C)(C)CCC(Cc1ccccc1O)C(C)(C)C. The zero-order valence-electron chi connectivity index (χ0n) is 13.5. The Morgan fingerprint density at radius 2 is 1.58 bits per heavy atom. The van der Waals surface area contributed by atoms with E-state index in [9.17, 15) is 5.11 Å². The van der Waals surface area contributed by atoms with Gasteiger partial charge in [0.2, 0.25) is 0 Å². The summed E-state index contributed by atoms with van der Waals surface area (Å²) in [6.45, 7) is 13.8. The van der Waals surface area contributed by atoms with E-state index in [1.54, 1.807) is 6.07 Å². The number of hydrogen-bond acceptors (Lipinski definition) is 1. The highest BCUT2D eigenvalue weighted by atomic mass is 16.3. The summed E-state index contributed by atoms with van der Waals surface area (Å²) in [5, 5.41) is 9.95. The molecule has 0 aromatic heterocycles. The second-order valence-electron chi connectivity index (χ2n) is 8.00. The van der Waals surface area contributed by atoms with Gasteiger partial charge in [0.25, 0.3) is 0 Å². The minimum Gasteiger partial charge on any atom is -0.508 e. The van der Waals surface area contributed by atoms with Crippen LogP contribution in [0.1, 0.15) is 59.9 Å². The summed E-state index contributed by atoms with van der Waals surface area (Å²) in [6, 6.07) is 7.74. The van der Waals surface area contributed by atoms with Crippen molar-refractivity contribution < 1.29 is 5.11 Å². The van der Waals surface area contributed by atoms with Crippen LogP contribution in [-0.4, -0.2) is 5.11 Å². The van der Waals surface area contributed by atoms with Crippen molar-refractivity contribution in [1.29, 1.82) is 0 Å². The Balaban J connectivity index is 2.79.